The maximum absolute atomic E-state index is 11.8. The fourth-order valence-electron chi connectivity index (χ4n) is 2.65. The highest BCUT2D eigenvalue weighted by Gasteiger charge is 2.27. The number of carbonyl (C=O) groups excluding carboxylic acids is 1. The van der Waals surface area contributed by atoms with Gasteiger partial charge in [-0.15, -0.1) is 0 Å². The van der Waals surface area contributed by atoms with E-state index in [1.165, 1.54) is 0 Å². The number of carboxylic acids is 1. The number of pyridine rings is 1. The predicted molar refractivity (Wildman–Crippen MR) is 77.9 cm³/mol. The van der Waals surface area contributed by atoms with Gasteiger partial charge in [0.2, 0.25) is 0 Å². The molecule has 21 heavy (non-hydrogen) atoms. The number of carbonyl (C=O) groups is 2. The zero-order valence-electron chi connectivity index (χ0n) is 11.9. The van der Waals surface area contributed by atoms with E-state index in [-0.39, 0.29) is 18.0 Å². The molecule has 1 aromatic heterocycles. The van der Waals surface area contributed by atoms with E-state index in [1.54, 1.807) is 12.4 Å². The second-order valence-electron chi connectivity index (χ2n) is 5.41. The molecule has 1 fully saturated rings. The first kappa shape index (κ1) is 15.3. The molecule has 0 spiro atoms. The van der Waals surface area contributed by atoms with Crippen LogP contribution < -0.4 is 10.6 Å². The van der Waals surface area contributed by atoms with Crippen LogP contribution in [0.1, 0.15) is 31.2 Å². The summed E-state index contributed by atoms with van der Waals surface area (Å²) in [5.74, 6) is -1.10. The quantitative estimate of drug-likeness (QED) is 0.768. The fraction of sp³-hybridized carbons (Fsp3) is 0.533. The Balaban J connectivity index is 1.68. The SMILES string of the molecule is O=C(NCCc1cccnc1)NC1CCCC(C(=O)O)C1. The molecular formula is C15H21N3O3. The summed E-state index contributed by atoms with van der Waals surface area (Å²) in [5, 5.41) is 14.7. The largest absolute Gasteiger partial charge is 0.481 e. The molecule has 1 heterocycles. The van der Waals surface area contributed by atoms with Crippen molar-refractivity contribution in [1.82, 2.24) is 15.6 Å². The van der Waals surface area contributed by atoms with Crippen LogP contribution in [0.2, 0.25) is 0 Å². The molecular weight excluding hydrogens is 270 g/mol. The maximum Gasteiger partial charge on any atom is 0.315 e. The van der Waals surface area contributed by atoms with Gasteiger partial charge < -0.3 is 15.7 Å². The summed E-state index contributed by atoms with van der Waals surface area (Å²) in [6.45, 7) is 0.534. The average molecular weight is 291 g/mol. The van der Waals surface area contributed by atoms with E-state index in [0.717, 1.165) is 24.8 Å². The summed E-state index contributed by atoms with van der Waals surface area (Å²) < 4.78 is 0. The molecule has 0 saturated heterocycles. The van der Waals surface area contributed by atoms with Gasteiger partial charge in [0.1, 0.15) is 0 Å². The van der Waals surface area contributed by atoms with Gasteiger partial charge in [-0.05, 0) is 37.3 Å². The number of amides is 2. The second-order valence-corrected chi connectivity index (χ2v) is 5.41. The first-order valence-corrected chi connectivity index (χ1v) is 7.31. The van der Waals surface area contributed by atoms with Crippen LogP contribution in [-0.4, -0.2) is 34.7 Å². The molecule has 2 unspecified atom stereocenters. The number of rotatable bonds is 5. The van der Waals surface area contributed by atoms with Crippen molar-refractivity contribution in [2.24, 2.45) is 5.92 Å². The van der Waals surface area contributed by atoms with Crippen molar-refractivity contribution in [3.63, 3.8) is 0 Å². The number of aromatic nitrogens is 1. The number of hydrogen-bond acceptors (Lipinski definition) is 3. The number of nitrogens with zero attached hydrogens (tertiary/aromatic N) is 1. The summed E-state index contributed by atoms with van der Waals surface area (Å²) in [6.07, 6.45) is 7.13. The van der Waals surface area contributed by atoms with Gasteiger partial charge in [0.05, 0.1) is 5.92 Å². The minimum Gasteiger partial charge on any atom is -0.481 e. The Kier molecular flexibility index (Phi) is 5.54. The Hall–Kier alpha value is -2.11. The second kappa shape index (κ2) is 7.61. The minimum absolute atomic E-state index is 0.0433. The zero-order chi connectivity index (χ0) is 15.1. The standard InChI is InChI=1S/C15H21N3O3/c19-14(20)12-4-1-5-13(9-12)18-15(21)17-8-6-11-3-2-7-16-10-11/h2-3,7,10,12-13H,1,4-6,8-9H2,(H,19,20)(H2,17,18,21). The molecule has 114 valence electrons. The van der Waals surface area contributed by atoms with Gasteiger partial charge in [0.25, 0.3) is 0 Å². The Bertz CT molecular complexity index is 478. The normalized spacial score (nSPS) is 21.5. The molecule has 6 heteroatoms. The van der Waals surface area contributed by atoms with Crippen molar-refractivity contribution >= 4 is 12.0 Å². The van der Waals surface area contributed by atoms with Crippen LogP contribution in [0.3, 0.4) is 0 Å². The third-order valence-electron chi connectivity index (χ3n) is 3.78. The van der Waals surface area contributed by atoms with E-state index < -0.39 is 5.97 Å². The Morgan fingerprint density at radius 2 is 2.24 bits per heavy atom. The van der Waals surface area contributed by atoms with Crippen molar-refractivity contribution < 1.29 is 14.7 Å². The number of carboxylic acid groups (broad SMARTS) is 1. The molecule has 1 aliphatic rings. The minimum atomic E-state index is -0.765. The van der Waals surface area contributed by atoms with Crippen LogP contribution in [0.25, 0.3) is 0 Å². The van der Waals surface area contributed by atoms with E-state index in [2.05, 4.69) is 15.6 Å². The molecule has 1 aliphatic carbocycles. The van der Waals surface area contributed by atoms with Gasteiger partial charge in [-0.3, -0.25) is 9.78 Å². The van der Waals surface area contributed by atoms with Crippen molar-refractivity contribution in [3.05, 3.63) is 30.1 Å². The van der Waals surface area contributed by atoms with Crippen molar-refractivity contribution in [2.45, 2.75) is 38.1 Å². The van der Waals surface area contributed by atoms with Crippen LogP contribution in [0, 0.1) is 5.92 Å². The molecule has 0 bridgehead atoms. The van der Waals surface area contributed by atoms with Crippen molar-refractivity contribution in [1.29, 1.82) is 0 Å². The monoisotopic (exact) mass is 291 g/mol. The van der Waals surface area contributed by atoms with Crippen LogP contribution >= 0.6 is 0 Å². The van der Waals surface area contributed by atoms with Gasteiger partial charge in [0.15, 0.2) is 0 Å². The summed E-state index contributed by atoms with van der Waals surface area (Å²) in [6, 6.07) is 3.56. The molecule has 0 radical (unpaired) electrons. The van der Waals surface area contributed by atoms with E-state index in [0.29, 0.717) is 19.4 Å². The third kappa shape index (κ3) is 5.06. The maximum atomic E-state index is 11.8. The van der Waals surface area contributed by atoms with Crippen LogP contribution in [0.4, 0.5) is 4.79 Å². The summed E-state index contributed by atoms with van der Waals surface area (Å²) >= 11 is 0. The first-order chi connectivity index (χ1) is 10.1. The van der Waals surface area contributed by atoms with Gasteiger partial charge in [0, 0.05) is 25.0 Å². The topological polar surface area (TPSA) is 91.3 Å². The van der Waals surface area contributed by atoms with E-state index >= 15 is 0 Å². The summed E-state index contributed by atoms with van der Waals surface area (Å²) in [4.78, 5) is 26.8. The molecule has 1 saturated carbocycles. The van der Waals surface area contributed by atoms with E-state index in [9.17, 15) is 9.59 Å². The lowest BCUT2D eigenvalue weighted by Gasteiger charge is -2.27. The lowest BCUT2D eigenvalue weighted by molar-refractivity contribution is -0.143. The number of hydrogen-bond donors (Lipinski definition) is 3. The van der Waals surface area contributed by atoms with Crippen molar-refractivity contribution in [3.8, 4) is 0 Å². The Labute approximate surface area is 124 Å². The predicted octanol–water partition coefficient (Wildman–Crippen LogP) is 1.57. The van der Waals surface area contributed by atoms with E-state index in [4.69, 9.17) is 5.11 Å². The lowest BCUT2D eigenvalue weighted by atomic mass is 9.86. The van der Waals surface area contributed by atoms with Crippen molar-refractivity contribution in [2.75, 3.05) is 6.54 Å². The highest BCUT2D eigenvalue weighted by Crippen LogP contribution is 2.24. The summed E-state index contributed by atoms with van der Waals surface area (Å²) in [7, 11) is 0. The van der Waals surface area contributed by atoms with Gasteiger partial charge >= 0.3 is 12.0 Å². The molecule has 0 aliphatic heterocycles. The third-order valence-corrected chi connectivity index (χ3v) is 3.78. The first-order valence-electron chi connectivity index (χ1n) is 7.31. The molecule has 1 aromatic rings. The molecule has 2 rings (SSSR count). The smallest absolute Gasteiger partial charge is 0.315 e. The molecule has 3 N–H and O–H groups in total. The molecule has 2 atom stereocenters. The van der Waals surface area contributed by atoms with Gasteiger partial charge in [-0.1, -0.05) is 12.5 Å². The van der Waals surface area contributed by atoms with Gasteiger partial charge in [-0.2, -0.15) is 0 Å². The molecule has 0 aromatic carbocycles. The number of urea groups is 1. The lowest BCUT2D eigenvalue weighted by Crippen LogP contribution is -2.45. The number of aliphatic carboxylic acids is 1. The number of nitrogens with one attached hydrogen (secondary N) is 2. The average Bonchev–Trinajstić information content (AvgIpc) is 2.48. The highest BCUT2D eigenvalue weighted by atomic mass is 16.4. The van der Waals surface area contributed by atoms with Gasteiger partial charge in [-0.25, -0.2) is 4.79 Å². The Morgan fingerprint density at radius 3 is 2.95 bits per heavy atom. The fourth-order valence-corrected chi connectivity index (χ4v) is 2.65. The summed E-state index contributed by atoms with van der Waals surface area (Å²) in [5.41, 5.74) is 1.07. The molecule has 6 nitrogen and oxygen atoms in total. The van der Waals surface area contributed by atoms with Crippen LogP contribution in [0.5, 0.6) is 0 Å². The van der Waals surface area contributed by atoms with E-state index in [1.807, 2.05) is 12.1 Å². The molecule has 2 amide bonds. The highest BCUT2D eigenvalue weighted by molar-refractivity contribution is 5.74. The van der Waals surface area contributed by atoms with Crippen LogP contribution in [0.15, 0.2) is 24.5 Å². The van der Waals surface area contributed by atoms with Crippen LogP contribution in [-0.2, 0) is 11.2 Å². The zero-order valence-corrected chi connectivity index (χ0v) is 11.9. The Morgan fingerprint density at radius 1 is 1.38 bits per heavy atom.